The maximum absolute atomic E-state index is 11.7. The average Bonchev–Trinajstić information content (AvgIpc) is 2.35. The summed E-state index contributed by atoms with van der Waals surface area (Å²) in [5.41, 5.74) is 0.823. The van der Waals surface area contributed by atoms with Gasteiger partial charge < -0.3 is 5.32 Å². The van der Waals surface area contributed by atoms with Crippen LogP contribution in [-0.4, -0.2) is 13.1 Å². The Bertz CT molecular complexity index is 213. The molecule has 0 aromatic rings. The lowest BCUT2D eigenvalue weighted by molar-refractivity contribution is 0.537. The monoisotopic (exact) mass is 271 g/mol. The topological polar surface area (TPSA) is 12.0 Å². The van der Waals surface area contributed by atoms with E-state index in [1.54, 1.807) is 13.0 Å². The summed E-state index contributed by atoms with van der Waals surface area (Å²) in [5.74, 6) is 0.405. The van der Waals surface area contributed by atoms with Gasteiger partial charge in [-0.3, -0.25) is 0 Å². The summed E-state index contributed by atoms with van der Waals surface area (Å²) >= 11 is 0. The molecule has 0 aromatic heterocycles. The molecule has 0 spiro atoms. The number of hydrogen-bond acceptors (Lipinski definition) is 1. The van der Waals surface area contributed by atoms with E-state index in [0.29, 0.717) is 0 Å². The van der Waals surface area contributed by atoms with Gasteiger partial charge in [0.1, 0.15) is 5.83 Å². The van der Waals surface area contributed by atoms with Crippen LogP contribution >= 0.6 is 0 Å². The minimum atomic E-state index is -0.437. The summed E-state index contributed by atoms with van der Waals surface area (Å²) in [6.07, 6.45) is 5.41. The molecule has 0 aromatic carbocycles. The van der Waals surface area contributed by atoms with Gasteiger partial charge in [0.05, 0.1) is 0 Å². The van der Waals surface area contributed by atoms with Crippen molar-refractivity contribution in [3.63, 3.8) is 0 Å². The zero-order chi connectivity index (χ0) is 15.7. The van der Waals surface area contributed by atoms with E-state index < -0.39 is 5.83 Å². The Morgan fingerprint density at radius 1 is 1.16 bits per heavy atom. The van der Waals surface area contributed by atoms with Gasteiger partial charge in [-0.05, 0) is 44.8 Å². The number of halogens is 1. The quantitative estimate of drug-likeness (QED) is 0.465. The molecule has 0 rings (SSSR count). The second-order valence-electron chi connectivity index (χ2n) is 4.56. The first-order valence-electron chi connectivity index (χ1n) is 7.28. The molecule has 114 valence electrons. The van der Waals surface area contributed by atoms with E-state index in [4.69, 9.17) is 0 Å². The van der Waals surface area contributed by atoms with Gasteiger partial charge >= 0.3 is 0 Å². The normalized spacial score (nSPS) is 9.47. The third-order valence-corrected chi connectivity index (χ3v) is 1.87. The van der Waals surface area contributed by atoms with Crippen molar-refractivity contribution in [1.82, 2.24) is 5.32 Å². The minimum absolute atomic E-state index is 0.437. The largest absolute Gasteiger partial charge is 0.317 e. The molecular weight excluding hydrogens is 237 g/mol. The Morgan fingerprint density at radius 2 is 1.68 bits per heavy atom. The summed E-state index contributed by atoms with van der Waals surface area (Å²) < 4.78 is 11.7. The van der Waals surface area contributed by atoms with Gasteiger partial charge in [0.15, 0.2) is 0 Å². The molecule has 0 saturated heterocycles. The molecule has 0 bridgehead atoms. The zero-order valence-corrected chi connectivity index (χ0v) is 13.9. The molecule has 2 heteroatoms. The molecule has 19 heavy (non-hydrogen) atoms. The minimum Gasteiger partial charge on any atom is -0.317 e. The fraction of sp³-hybridized carbons (Fsp3) is 0.647. The lowest BCUT2D eigenvalue weighted by Crippen LogP contribution is -2.17. The summed E-state index contributed by atoms with van der Waals surface area (Å²) in [4.78, 5) is 0. The van der Waals surface area contributed by atoms with Crippen LogP contribution in [0.1, 0.15) is 54.4 Å². The van der Waals surface area contributed by atoms with Crippen LogP contribution in [-0.2, 0) is 0 Å². The van der Waals surface area contributed by atoms with Crippen LogP contribution in [0, 0.1) is 5.92 Å². The fourth-order valence-electron chi connectivity index (χ4n) is 0.925. The molecule has 0 heterocycles. The molecular formula is C17H34FN. The van der Waals surface area contributed by atoms with Gasteiger partial charge in [-0.1, -0.05) is 59.4 Å². The van der Waals surface area contributed by atoms with Crippen LogP contribution in [0.15, 0.2) is 36.7 Å². The second kappa shape index (κ2) is 19.4. The van der Waals surface area contributed by atoms with Crippen molar-refractivity contribution in [2.45, 2.75) is 54.4 Å². The molecule has 1 nitrogen and oxygen atoms in total. The van der Waals surface area contributed by atoms with Gasteiger partial charge in [0.25, 0.3) is 0 Å². The van der Waals surface area contributed by atoms with E-state index in [9.17, 15) is 4.39 Å². The van der Waals surface area contributed by atoms with Crippen LogP contribution in [0.4, 0.5) is 4.39 Å². The molecule has 0 fully saturated rings. The van der Waals surface area contributed by atoms with E-state index in [1.807, 2.05) is 13.8 Å². The average molecular weight is 271 g/mol. The number of hydrogen-bond donors (Lipinski definition) is 1. The van der Waals surface area contributed by atoms with Gasteiger partial charge in [-0.15, -0.1) is 0 Å². The molecule has 0 atom stereocenters. The van der Waals surface area contributed by atoms with Crippen molar-refractivity contribution in [2.24, 2.45) is 5.92 Å². The van der Waals surface area contributed by atoms with Crippen molar-refractivity contribution < 1.29 is 4.39 Å². The first kappa shape index (κ1) is 23.2. The SMILES string of the molecule is C=C(C)/C=C\C(=C)F.CC.CCCNCCC(C)C. The summed E-state index contributed by atoms with van der Waals surface area (Å²) in [6.45, 7) is 21.4. The van der Waals surface area contributed by atoms with E-state index in [0.717, 1.165) is 11.5 Å². The van der Waals surface area contributed by atoms with Crippen molar-refractivity contribution in [1.29, 1.82) is 0 Å². The number of nitrogens with one attached hydrogen (secondary N) is 1. The Morgan fingerprint density at radius 3 is 1.95 bits per heavy atom. The summed E-state index contributed by atoms with van der Waals surface area (Å²) in [7, 11) is 0. The predicted molar refractivity (Wildman–Crippen MR) is 88.2 cm³/mol. The van der Waals surface area contributed by atoms with E-state index in [1.165, 1.54) is 32.0 Å². The molecule has 0 unspecified atom stereocenters. The maximum Gasteiger partial charge on any atom is 0.116 e. The van der Waals surface area contributed by atoms with Gasteiger partial charge in [-0.2, -0.15) is 0 Å². The zero-order valence-electron chi connectivity index (χ0n) is 13.9. The lowest BCUT2D eigenvalue weighted by atomic mass is 10.1. The van der Waals surface area contributed by atoms with Crippen LogP contribution in [0.3, 0.4) is 0 Å². The first-order valence-corrected chi connectivity index (χ1v) is 7.28. The van der Waals surface area contributed by atoms with Crippen molar-refractivity contribution >= 4 is 0 Å². The third-order valence-electron chi connectivity index (χ3n) is 1.87. The van der Waals surface area contributed by atoms with Gasteiger partial charge in [0, 0.05) is 0 Å². The molecule has 0 amide bonds. The molecule has 0 aliphatic rings. The molecule has 0 aliphatic carbocycles. The number of rotatable bonds is 7. The number of allylic oxidation sites excluding steroid dienone is 4. The Hall–Kier alpha value is -0.890. The van der Waals surface area contributed by atoms with E-state index >= 15 is 0 Å². The molecule has 0 radical (unpaired) electrons. The summed E-state index contributed by atoms with van der Waals surface area (Å²) in [5, 5.41) is 3.37. The van der Waals surface area contributed by atoms with Crippen LogP contribution in [0.5, 0.6) is 0 Å². The predicted octanol–water partition coefficient (Wildman–Crippen LogP) is 5.66. The van der Waals surface area contributed by atoms with Crippen molar-refractivity contribution in [3.05, 3.63) is 36.7 Å². The highest BCUT2D eigenvalue weighted by molar-refractivity contribution is 5.18. The first-order chi connectivity index (χ1) is 8.90. The summed E-state index contributed by atoms with van der Waals surface area (Å²) in [6, 6.07) is 0. The third kappa shape index (κ3) is 38.2. The highest BCUT2D eigenvalue weighted by atomic mass is 19.1. The standard InChI is InChI=1S/C8H19N.C7H9F.C2H6/c1-4-6-9-7-5-8(2)3;1-6(2)4-5-7(3)8;1-2/h8-9H,4-7H2,1-3H3;4-5H,1,3H2,2H3;1-2H3/b;5-4-;. The van der Waals surface area contributed by atoms with Crippen LogP contribution in [0.25, 0.3) is 0 Å². The molecule has 0 saturated carbocycles. The molecule has 0 aliphatic heterocycles. The Kier molecular flexibility index (Phi) is 23.8. The highest BCUT2D eigenvalue weighted by Crippen LogP contribution is 1.96. The maximum atomic E-state index is 11.7. The van der Waals surface area contributed by atoms with E-state index in [2.05, 4.69) is 39.2 Å². The lowest BCUT2D eigenvalue weighted by Gasteiger charge is -2.04. The fourth-order valence-corrected chi connectivity index (χ4v) is 0.925. The van der Waals surface area contributed by atoms with E-state index in [-0.39, 0.29) is 0 Å². The van der Waals surface area contributed by atoms with Crippen molar-refractivity contribution in [2.75, 3.05) is 13.1 Å². The van der Waals surface area contributed by atoms with Crippen LogP contribution < -0.4 is 5.32 Å². The van der Waals surface area contributed by atoms with Crippen LogP contribution in [0.2, 0.25) is 0 Å². The Balaban J connectivity index is -0.000000239. The second-order valence-corrected chi connectivity index (χ2v) is 4.56. The molecule has 1 N–H and O–H groups in total. The Labute approximate surface area is 120 Å². The smallest absolute Gasteiger partial charge is 0.116 e. The van der Waals surface area contributed by atoms with Gasteiger partial charge in [0.2, 0.25) is 0 Å². The van der Waals surface area contributed by atoms with Gasteiger partial charge in [-0.25, -0.2) is 4.39 Å². The van der Waals surface area contributed by atoms with Crippen molar-refractivity contribution in [3.8, 4) is 0 Å². The highest BCUT2D eigenvalue weighted by Gasteiger charge is 1.90.